The molecule has 1 aliphatic carbocycles. The summed E-state index contributed by atoms with van der Waals surface area (Å²) in [6, 6.07) is 11.3. The van der Waals surface area contributed by atoms with Crippen LogP contribution in [0.1, 0.15) is 36.0 Å². The summed E-state index contributed by atoms with van der Waals surface area (Å²) < 4.78 is 5.36. The van der Waals surface area contributed by atoms with Crippen molar-refractivity contribution in [3.05, 3.63) is 42.0 Å². The molecule has 0 saturated heterocycles. The maximum absolute atomic E-state index is 12.7. The van der Waals surface area contributed by atoms with Crippen molar-refractivity contribution in [2.45, 2.75) is 31.7 Å². The number of aliphatic carboxylic acids is 1. The first-order chi connectivity index (χ1) is 11.6. The molecule has 1 saturated carbocycles. The van der Waals surface area contributed by atoms with Crippen LogP contribution in [0.2, 0.25) is 0 Å². The Labute approximate surface area is 140 Å². The second-order valence-corrected chi connectivity index (χ2v) is 6.22. The molecular weight excluding hydrogens is 306 g/mol. The number of carboxylic acids is 1. The Morgan fingerprint density at radius 3 is 2.33 bits per heavy atom. The van der Waals surface area contributed by atoms with E-state index in [1.54, 1.807) is 19.2 Å². The van der Waals surface area contributed by atoms with Gasteiger partial charge in [0.25, 0.3) is 5.91 Å². The molecule has 3 rings (SSSR count). The number of hydrogen-bond acceptors (Lipinski definition) is 3. The van der Waals surface area contributed by atoms with Gasteiger partial charge in [-0.25, -0.2) is 0 Å². The summed E-state index contributed by atoms with van der Waals surface area (Å²) in [5.74, 6) is -0.391. The first-order valence-electron chi connectivity index (χ1n) is 8.19. The number of methoxy groups -OCH3 is 1. The molecule has 5 nitrogen and oxygen atoms in total. The molecule has 0 aliphatic heterocycles. The predicted molar refractivity (Wildman–Crippen MR) is 91.3 cm³/mol. The summed E-state index contributed by atoms with van der Waals surface area (Å²) in [6.45, 7) is 0. The largest absolute Gasteiger partial charge is 0.496 e. The van der Waals surface area contributed by atoms with Crippen LogP contribution in [0.3, 0.4) is 0 Å². The van der Waals surface area contributed by atoms with Gasteiger partial charge in [-0.3, -0.25) is 9.59 Å². The summed E-state index contributed by atoms with van der Waals surface area (Å²) in [5.41, 5.74) is 0.617. The van der Waals surface area contributed by atoms with Gasteiger partial charge in [0.1, 0.15) is 5.75 Å². The molecule has 0 aromatic heterocycles. The van der Waals surface area contributed by atoms with Crippen LogP contribution in [0.5, 0.6) is 5.75 Å². The minimum atomic E-state index is -0.735. The van der Waals surface area contributed by atoms with E-state index in [1.807, 2.05) is 24.3 Å². The smallest absolute Gasteiger partial charge is 0.306 e. The van der Waals surface area contributed by atoms with Crippen molar-refractivity contribution >= 4 is 22.6 Å². The Kier molecular flexibility index (Phi) is 4.69. The quantitative estimate of drug-likeness (QED) is 0.904. The number of carboxylic acid groups (broad SMARTS) is 1. The zero-order valence-electron chi connectivity index (χ0n) is 13.6. The summed E-state index contributed by atoms with van der Waals surface area (Å²) in [4.78, 5) is 23.7. The zero-order valence-corrected chi connectivity index (χ0v) is 13.6. The Bertz CT molecular complexity index is 763. The van der Waals surface area contributed by atoms with Crippen molar-refractivity contribution in [1.82, 2.24) is 5.32 Å². The van der Waals surface area contributed by atoms with Gasteiger partial charge >= 0.3 is 5.97 Å². The minimum absolute atomic E-state index is 0.0361. The number of ether oxygens (including phenoxy) is 1. The number of carbonyl (C=O) groups excluding carboxylic acids is 1. The molecule has 2 aromatic rings. The van der Waals surface area contributed by atoms with Crippen molar-refractivity contribution in [3.8, 4) is 5.75 Å². The lowest BCUT2D eigenvalue weighted by molar-refractivity contribution is -0.142. The van der Waals surface area contributed by atoms with E-state index in [1.165, 1.54) is 0 Å². The van der Waals surface area contributed by atoms with Crippen molar-refractivity contribution in [3.63, 3.8) is 0 Å². The molecule has 5 heteroatoms. The van der Waals surface area contributed by atoms with Crippen molar-refractivity contribution in [2.75, 3.05) is 7.11 Å². The lowest BCUT2D eigenvalue weighted by atomic mass is 9.86. The highest BCUT2D eigenvalue weighted by atomic mass is 16.5. The Hall–Kier alpha value is -2.56. The van der Waals surface area contributed by atoms with E-state index in [2.05, 4.69) is 5.32 Å². The molecule has 0 heterocycles. The van der Waals surface area contributed by atoms with Gasteiger partial charge in [0.15, 0.2) is 0 Å². The third-order valence-electron chi connectivity index (χ3n) is 4.76. The number of fused-ring (bicyclic) bond motifs is 1. The van der Waals surface area contributed by atoms with Crippen molar-refractivity contribution in [2.24, 2.45) is 5.92 Å². The average molecular weight is 327 g/mol. The number of benzene rings is 2. The Morgan fingerprint density at radius 2 is 1.71 bits per heavy atom. The molecule has 0 spiro atoms. The molecule has 1 fully saturated rings. The maximum Gasteiger partial charge on any atom is 0.306 e. The molecule has 1 aliphatic rings. The van der Waals surface area contributed by atoms with Crippen LogP contribution in [-0.2, 0) is 4.79 Å². The Balaban J connectivity index is 1.77. The van der Waals surface area contributed by atoms with Gasteiger partial charge in [-0.05, 0) is 43.2 Å². The molecule has 2 N–H and O–H groups in total. The van der Waals surface area contributed by atoms with Gasteiger partial charge in [-0.1, -0.05) is 24.3 Å². The van der Waals surface area contributed by atoms with Gasteiger partial charge in [0.05, 0.1) is 13.0 Å². The SMILES string of the molecule is COc1ccc(C(=O)NC2CCC(C(=O)O)CC2)c2ccccc12. The van der Waals surface area contributed by atoms with Crippen LogP contribution in [0.25, 0.3) is 10.8 Å². The van der Waals surface area contributed by atoms with Crippen molar-refractivity contribution < 1.29 is 19.4 Å². The monoisotopic (exact) mass is 327 g/mol. The number of rotatable bonds is 4. The predicted octanol–water partition coefficient (Wildman–Crippen LogP) is 3.22. The number of amides is 1. The second kappa shape index (κ2) is 6.91. The van der Waals surface area contributed by atoms with Gasteiger partial charge in [-0.2, -0.15) is 0 Å². The van der Waals surface area contributed by atoms with E-state index in [0.29, 0.717) is 31.2 Å². The number of nitrogens with one attached hydrogen (secondary N) is 1. The molecule has 2 aromatic carbocycles. The van der Waals surface area contributed by atoms with E-state index < -0.39 is 5.97 Å². The van der Waals surface area contributed by atoms with Gasteiger partial charge in [0, 0.05) is 17.0 Å². The molecular formula is C19H21NO4. The van der Waals surface area contributed by atoms with E-state index in [-0.39, 0.29) is 17.9 Å². The van der Waals surface area contributed by atoms with Crippen LogP contribution in [0.15, 0.2) is 36.4 Å². The van der Waals surface area contributed by atoms with E-state index in [9.17, 15) is 9.59 Å². The average Bonchev–Trinajstić information content (AvgIpc) is 2.61. The van der Waals surface area contributed by atoms with Crippen LogP contribution in [0, 0.1) is 5.92 Å². The molecule has 0 atom stereocenters. The molecule has 0 unspecified atom stereocenters. The molecule has 0 bridgehead atoms. The van der Waals surface area contributed by atoms with Gasteiger partial charge in [0.2, 0.25) is 0 Å². The summed E-state index contributed by atoms with van der Waals surface area (Å²) >= 11 is 0. The van der Waals surface area contributed by atoms with Crippen LogP contribution < -0.4 is 10.1 Å². The van der Waals surface area contributed by atoms with Crippen LogP contribution in [0.4, 0.5) is 0 Å². The summed E-state index contributed by atoms with van der Waals surface area (Å²) in [7, 11) is 1.61. The normalized spacial score (nSPS) is 20.5. The highest BCUT2D eigenvalue weighted by Crippen LogP contribution is 2.29. The summed E-state index contributed by atoms with van der Waals surface area (Å²) in [6.07, 6.45) is 2.64. The van der Waals surface area contributed by atoms with E-state index in [0.717, 1.165) is 16.5 Å². The fraction of sp³-hybridized carbons (Fsp3) is 0.368. The first-order valence-corrected chi connectivity index (χ1v) is 8.19. The van der Waals surface area contributed by atoms with Crippen molar-refractivity contribution in [1.29, 1.82) is 0 Å². The zero-order chi connectivity index (χ0) is 17.1. The van der Waals surface area contributed by atoms with Gasteiger partial charge < -0.3 is 15.2 Å². The van der Waals surface area contributed by atoms with Crippen LogP contribution in [-0.4, -0.2) is 30.1 Å². The minimum Gasteiger partial charge on any atom is -0.496 e. The Morgan fingerprint density at radius 1 is 1.04 bits per heavy atom. The lowest BCUT2D eigenvalue weighted by Gasteiger charge is -2.27. The van der Waals surface area contributed by atoms with E-state index in [4.69, 9.17) is 9.84 Å². The van der Waals surface area contributed by atoms with E-state index >= 15 is 0 Å². The highest BCUT2D eigenvalue weighted by molar-refractivity contribution is 6.08. The van der Waals surface area contributed by atoms with Gasteiger partial charge in [-0.15, -0.1) is 0 Å². The molecule has 126 valence electrons. The number of hydrogen-bond donors (Lipinski definition) is 2. The fourth-order valence-corrected chi connectivity index (χ4v) is 3.40. The molecule has 0 radical (unpaired) electrons. The van der Waals surface area contributed by atoms with Crippen LogP contribution >= 0.6 is 0 Å². The summed E-state index contributed by atoms with van der Waals surface area (Å²) in [5, 5.41) is 13.9. The lowest BCUT2D eigenvalue weighted by Crippen LogP contribution is -2.38. The highest BCUT2D eigenvalue weighted by Gasteiger charge is 2.27. The number of carbonyl (C=O) groups is 2. The topological polar surface area (TPSA) is 75.6 Å². The maximum atomic E-state index is 12.7. The third kappa shape index (κ3) is 3.20. The standard InChI is InChI=1S/C19H21NO4/c1-24-17-11-10-16(14-4-2-3-5-15(14)17)18(21)20-13-8-6-12(7-9-13)19(22)23/h2-5,10-13H,6-9H2,1H3,(H,20,21)(H,22,23). The third-order valence-corrected chi connectivity index (χ3v) is 4.76. The molecule has 24 heavy (non-hydrogen) atoms. The first kappa shape index (κ1) is 16.3. The molecule has 1 amide bonds. The second-order valence-electron chi connectivity index (χ2n) is 6.22. The fourth-order valence-electron chi connectivity index (χ4n) is 3.40.